The average molecular weight is 864 g/mol. The van der Waals surface area contributed by atoms with Crippen LogP contribution in [0.15, 0.2) is 0 Å². The zero-order valence-corrected chi connectivity index (χ0v) is 41.9. The lowest BCUT2D eigenvalue weighted by Crippen LogP contribution is -2.27. The molecular formula is C55H109NO5. The third-order valence-electron chi connectivity index (χ3n) is 13.1. The van der Waals surface area contributed by atoms with Gasteiger partial charge in [0, 0.05) is 6.61 Å². The number of unbranched alkanes of at least 4 members (excludes halogenated alkanes) is 30. The smallest absolute Gasteiger partial charge is 0.308 e. The molecular weight excluding hydrogens is 755 g/mol. The molecule has 1 N–H and O–H groups in total. The first-order chi connectivity index (χ1) is 30.0. The molecule has 0 aliphatic carbocycles. The molecule has 0 rings (SSSR count). The molecule has 0 saturated heterocycles. The van der Waals surface area contributed by atoms with Gasteiger partial charge < -0.3 is 19.5 Å². The summed E-state index contributed by atoms with van der Waals surface area (Å²) in [6, 6.07) is 0. The Morgan fingerprint density at radius 2 is 0.590 bits per heavy atom. The highest BCUT2D eigenvalue weighted by atomic mass is 16.5. The molecule has 0 aromatic rings. The van der Waals surface area contributed by atoms with Gasteiger partial charge in [-0.15, -0.1) is 0 Å². The molecule has 0 heterocycles. The van der Waals surface area contributed by atoms with Crippen LogP contribution in [0.5, 0.6) is 0 Å². The largest absolute Gasteiger partial charge is 0.465 e. The van der Waals surface area contributed by atoms with E-state index in [1.54, 1.807) is 0 Å². The van der Waals surface area contributed by atoms with Crippen LogP contribution in [0.4, 0.5) is 0 Å². The van der Waals surface area contributed by atoms with Crippen LogP contribution in [0.2, 0.25) is 0 Å². The van der Waals surface area contributed by atoms with Crippen molar-refractivity contribution in [3.05, 3.63) is 0 Å². The molecule has 61 heavy (non-hydrogen) atoms. The fourth-order valence-electron chi connectivity index (χ4n) is 8.92. The molecule has 2 unspecified atom stereocenters. The molecule has 0 amide bonds. The van der Waals surface area contributed by atoms with Gasteiger partial charge in [0.2, 0.25) is 0 Å². The molecule has 6 nitrogen and oxygen atoms in total. The standard InChI is InChI=1S/C55H109NO5/c1-5-9-13-17-21-23-27-35-45-53(43-33-25-20-16-12-8-4)55(59)61-51-41-31-29-37-47-56(48-38-39-49-57)46-36-28-30-40-50-60-54(58)52(42-32-24-19-15-11-7-3)44-34-26-22-18-14-10-6-2/h52-53,57H,5-51H2,1-4H3. The van der Waals surface area contributed by atoms with Crippen molar-refractivity contribution in [2.45, 2.75) is 291 Å². The zero-order chi connectivity index (χ0) is 44.5. The number of nitrogens with zero attached hydrogens (tertiary/aromatic N) is 1. The van der Waals surface area contributed by atoms with Crippen molar-refractivity contribution < 1.29 is 24.2 Å². The highest BCUT2D eigenvalue weighted by Gasteiger charge is 2.20. The Morgan fingerprint density at radius 1 is 0.344 bits per heavy atom. The van der Waals surface area contributed by atoms with Crippen LogP contribution in [0.1, 0.15) is 291 Å². The summed E-state index contributed by atoms with van der Waals surface area (Å²) in [5.41, 5.74) is 0. The molecule has 0 bridgehead atoms. The van der Waals surface area contributed by atoms with Gasteiger partial charge in [-0.3, -0.25) is 9.59 Å². The first-order valence-corrected chi connectivity index (χ1v) is 27.7. The third-order valence-corrected chi connectivity index (χ3v) is 13.1. The molecule has 0 saturated carbocycles. The van der Waals surface area contributed by atoms with Crippen LogP contribution >= 0.6 is 0 Å². The Bertz CT molecular complexity index is 882. The first kappa shape index (κ1) is 59.9. The Balaban J connectivity index is 4.47. The van der Waals surface area contributed by atoms with E-state index in [9.17, 15) is 14.7 Å². The topological polar surface area (TPSA) is 76.1 Å². The van der Waals surface area contributed by atoms with Crippen LogP contribution in [0, 0.1) is 11.8 Å². The maximum absolute atomic E-state index is 13.2. The van der Waals surface area contributed by atoms with E-state index in [2.05, 4.69) is 32.6 Å². The first-order valence-electron chi connectivity index (χ1n) is 27.7. The fraction of sp³-hybridized carbons (Fsp3) is 0.964. The van der Waals surface area contributed by atoms with E-state index in [1.807, 2.05) is 0 Å². The normalized spacial score (nSPS) is 12.6. The monoisotopic (exact) mass is 864 g/mol. The molecule has 2 atom stereocenters. The molecule has 0 aliphatic rings. The minimum Gasteiger partial charge on any atom is -0.465 e. The van der Waals surface area contributed by atoms with Crippen molar-refractivity contribution in [3.8, 4) is 0 Å². The average Bonchev–Trinajstić information content (AvgIpc) is 3.26. The molecule has 364 valence electrons. The van der Waals surface area contributed by atoms with Gasteiger partial charge in [-0.25, -0.2) is 0 Å². The Labute approximate surface area is 382 Å². The third kappa shape index (κ3) is 42.6. The second-order valence-electron chi connectivity index (χ2n) is 19.1. The van der Waals surface area contributed by atoms with Crippen molar-refractivity contribution in [1.29, 1.82) is 0 Å². The second-order valence-corrected chi connectivity index (χ2v) is 19.1. The Morgan fingerprint density at radius 3 is 0.885 bits per heavy atom. The predicted molar refractivity (Wildman–Crippen MR) is 264 cm³/mol. The van der Waals surface area contributed by atoms with Gasteiger partial charge in [-0.2, -0.15) is 0 Å². The van der Waals surface area contributed by atoms with Crippen molar-refractivity contribution in [2.24, 2.45) is 11.8 Å². The van der Waals surface area contributed by atoms with E-state index in [0.717, 1.165) is 122 Å². The van der Waals surface area contributed by atoms with Gasteiger partial charge >= 0.3 is 11.9 Å². The number of hydrogen-bond donors (Lipinski definition) is 1. The molecule has 0 aromatic carbocycles. The maximum atomic E-state index is 13.2. The number of carbonyl (C=O) groups is 2. The van der Waals surface area contributed by atoms with E-state index in [4.69, 9.17) is 9.47 Å². The van der Waals surface area contributed by atoms with Crippen molar-refractivity contribution in [3.63, 3.8) is 0 Å². The number of aliphatic hydroxyl groups excluding tert-OH is 1. The second kappa shape index (κ2) is 49.9. The van der Waals surface area contributed by atoms with Crippen LogP contribution in [-0.4, -0.2) is 61.4 Å². The number of carbonyl (C=O) groups excluding carboxylic acids is 2. The summed E-state index contributed by atoms with van der Waals surface area (Å²) >= 11 is 0. The van der Waals surface area contributed by atoms with Gasteiger partial charge in [0.25, 0.3) is 0 Å². The number of rotatable bonds is 51. The van der Waals surface area contributed by atoms with Gasteiger partial charge in [0.05, 0.1) is 25.0 Å². The molecule has 0 aromatic heterocycles. The SMILES string of the molecule is CCCCCCCCCCC(CCCCCCCC)C(=O)OCCCCCCN(CCCCO)CCCCCCOC(=O)C(CCCCCCCC)CCCCCCCCC. The Hall–Kier alpha value is -1.14. The molecule has 0 fully saturated rings. The summed E-state index contributed by atoms with van der Waals surface area (Å²) in [5.74, 6) is 0.307. The highest BCUT2D eigenvalue weighted by Crippen LogP contribution is 2.23. The van der Waals surface area contributed by atoms with E-state index >= 15 is 0 Å². The maximum Gasteiger partial charge on any atom is 0.308 e. The van der Waals surface area contributed by atoms with Gasteiger partial charge in [0.15, 0.2) is 0 Å². The number of esters is 2. The zero-order valence-electron chi connectivity index (χ0n) is 41.9. The Kier molecular flexibility index (Phi) is 48.9. The summed E-state index contributed by atoms with van der Waals surface area (Å²) < 4.78 is 11.8. The number of hydrogen-bond acceptors (Lipinski definition) is 6. The van der Waals surface area contributed by atoms with Crippen LogP contribution < -0.4 is 0 Å². The lowest BCUT2D eigenvalue weighted by Gasteiger charge is -2.22. The van der Waals surface area contributed by atoms with E-state index in [0.29, 0.717) is 13.2 Å². The van der Waals surface area contributed by atoms with Gasteiger partial charge in [-0.1, -0.05) is 227 Å². The number of aliphatic hydroxyl groups is 1. The summed E-state index contributed by atoms with van der Waals surface area (Å²) in [7, 11) is 0. The van der Waals surface area contributed by atoms with Gasteiger partial charge in [0.1, 0.15) is 0 Å². The molecule has 0 spiro atoms. The van der Waals surface area contributed by atoms with Crippen LogP contribution in [0.25, 0.3) is 0 Å². The molecule has 0 radical (unpaired) electrons. The van der Waals surface area contributed by atoms with E-state index < -0.39 is 0 Å². The lowest BCUT2D eigenvalue weighted by atomic mass is 9.94. The lowest BCUT2D eigenvalue weighted by molar-refractivity contribution is -0.150. The molecule has 0 aliphatic heterocycles. The number of ether oxygens (including phenoxy) is 2. The quantitative estimate of drug-likeness (QED) is 0.0485. The van der Waals surface area contributed by atoms with Crippen LogP contribution in [-0.2, 0) is 19.1 Å². The van der Waals surface area contributed by atoms with Crippen LogP contribution in [0.3, 0.4) is 0 Å². The van der Waals surface area contributed by atoms with Crippen molar-refractivity contribution in [1.82, 2.24) is 4.90 Å². The summed E-state index contributed by atoms with van der Waals surface area (Å²) in [6.07, 6.45) is 49.4. The predicted octanol–water partition coefficient (Wildman–Crippen LogP) is 16.7. The minimum absolute atomic E-state index is 0.0644. The van der Waals surface area contributed by atoms with Crippen molar-refractivity contribution >= 4 is 11.9 Å². The van der Waals surface area contributed by atoms with E-state index in [1.165, 1.54) is 161 Å². The summed E-state index contributed by atoms with van der Waals surface area (Å²) in [4.78, 5) is 28.9. The summed E-state index contributed by atoms with van der Waals surface area (Å²) in [6.45, 7) is 13.7. The highest BCUT2D eigenvalue weighted by molar-refractivity contribution is 5.72. The summed E-state index contributed by atoms with van der Waals surface area (Å²) in [5, 5.41) is 9.38. The van der Waals surface area contributed by atoms with Crippen molar-refractivity contribution in [2.75, 3.05) is 39.5 Å². The van der Waals surface area contributed by atoms with E-state index in [-0.39, 0.29) is 30.4 Å². The fourth-order valence-corrected chi connectivity index (χ4v) is 8.92. The molecule has 6 heteroatoms. The van der Waals surface area contributed by atoms with Gasteiger partial charge in [-0.05, 0) is 83.8 Å². The minimum atomic E-state index is 0.0644.